The number of aromatic amines is 1. The monoisotopic (exact) mass is 339 g/mol. The highest BCUT2D eigenvalue weighted by molar-refractivity contribution is 5.89. The van der Waals surface area contributed by atoms with E-state index in [9.17, 15) is 14.7 Å². The Kier molecular flexibility index (Phi) is 4.57. The predicted octanol–water partition coefficient (Wildman–Crippen LogP) is -1.92. The molecule has 1 amide bonds. The number of nitrogens with one attached hydrogen (secondary N) is 2. The average Bonchev–Trinajstić information content (AvgIpc) is 3.10. The molecule has 2 aromatic rings. The minimum atomic E-state index is -0.844. The Morgan fingerprint density at radius 1 is 1.50 bits per heavy atom. The van der Waals surface area contributed by atoms with E-state index in [-0.39, 0.29) is 43.2 Å². The number of H-pyrrole nitrogens is 1. The quantitative estimate of drug-likeness (QED) is 0.421. The van der Waals surface area contributed by atoms with Crippen LogP contribution in [0.25, 0.3) is 11.2 Å². The summed E-state index contributed by atoms with van der Waals surface area (Å²) in [4.78, 5) is 34.1. The fourth-order valence-electron chi connectivity index (χ4n) is 2.54. The highest BCUT2D eigenvalue weighted by Crippen LogP contribution is 2.30. The molecule has 0 saturated carbocycles. The molecular weight excluding hydrogens is 322 g/mol. The first-order chi connectivity index (χ1) is 11.5. The van der Waals surface area contributed by atoms with Crippen molar-refractivity contribution >= 4 is 23.0 Å². The molecule has 1 aliphatic rings. The summed E-state index contributed by atoms with van der Waals surface area (Å²) in [5.74, 6) is -0.580. The third-order valence-corrected chi connectivity index (χ3v) is 3.72. The first-order valence-electron chi connectivity index (χ1n) is 7.35. The van der Waals surface area contributed by atoms with Crippen molar-refractivity contribution in [3.8, 4) is 0 Å². The van der Waals surface area contributed by atoms with E-state index in [0.29, 0.717) is 0 Å². The third kappa shape index (κ3) is 3.01. The normalized spacial score (nSPS) is 23.7. The van der Waals surface area contributed by atoms with Crippen LogP contribution in [0.3, 0.4) is 0 Å². The number of rotatable bonds is 5. The lowest BCUT2D eigenvalue weighted by molar-refractivity contribution is -0.116. The van der Waals surface area contributed by atoms with E-state index in [1.54, 1.807) is 0 Å². The lowest BCUT2D eigenvalue weighted by Gasteiger charge is -2.13. The Balaban J connectivity index is 1.94. The van der Waals surface area contributed by atoms with E-state index in [1.807, 2.05) is 0 Å². The van der Waals surface area contributed by atoms with E-state index >= 15 is 0 Å². The van der Waals surface area contributed by atoms with Gasteiger partial charge < -0.3 is 20.1 Å². The Morgan fingerprint density at radius 3 is 2.96 bits per heavy atom. The summed E-state index contributed by atoms with van der Waals surface area (Å²) in [5, 5.41) is 30.1. The van der Waals surface area contributed by atoms with Crippen molar-refractivity contribution in [1.82, 2.24) is 19.5 Å². The van der Waals surface area contributed by atoms with Crippen LogP contribution in [0, 0.1) is 0 Å². The zero-order valence-corrected chi connectivity index (χ0v) is 12.5. The van der Waals surface area contributed by atoms with Gasteiger partial charge in [-0.05, 0) is 0 Å². The molecule has 5 N–H and O–H groups in total. The molecule has 0 aliphatic carbocycles. The molecule has 11 nitrogen and oxygen atoms in total. The number of anilines is 1. The van der Waals surface area contributed by atoms with Gasteiger partial charge in [-0.25, -0.2) is 4.98 Å². The predicted molar refractivity (Wildman–Crippen MR) is 80.1 cm³/mol. The summed E-state index contributed by atoms with van der Waals surface area (Å²) < 4.78 is 6.99. The number of fused-ring (bicyclic) bond motifs is 1. The van der Waals surface area contributed by atoms with Crippen LogP contribution in [-0.4, -0.2) is 66.2 Å². The summed E-state index contributed by atoms with van der Waals surface area (Å²) in [7, 11) is 0. The van der Waals surface area contributed by atoms with Gasteiger partial charge in [-0.1, -0.05) is 0 Å². The maximum atomic E-state index is 12.0. The molecule has 3 rings (SSSR count). The number of hydrogen-bond donors (Lipinski definition) is 5. The van der Waals surface area contributed by atoms with E-state index in [2.05, 4.69) is 20.3 Å². The Labute approximate surface area is 134 Å². The van der Waals surface area contributed by atoms with Gasteiger partial charge in [0.1, 0.15) is 12.3 Å². The molecule has 130 valence electrons. The molecule has 0 spiro atoms. The molecule has 1 saturated heterocycles. The van der Waals surface area contributed by atoms with Crippen LogP contribution in [0.5, 0.6) is 0 Å². The fourth-order valence-corrected chi connectivity index (χ4v) is 2.54. The molecule has 1 aliphatic heterocycles. The number of ether oxygens (including phenoxy) is 1. The lowest BCUT2D eigenvalue weighted by atomic mass is 10.2. The van der Waals surface area contributed by atoms with Gasteiger partial charge in [0.15, 0.2) is 11.2 Å². The van der Waals surface area contributed by atoms with Crippen molar-refractivity contribution in [2.75, 3.05) is 18.5 Å². The van der Waals surface area contributed by atoms with Gasteiger partial charge in [-0.15, -0.1) is 0 Å². The Bertz CT molecular complexity index is 802. The first-order valence-corrected chi connectivity index (χ1v) is 7.35. The molecule has 0 radical (unpaired) electrons. The van der Waals surface area contributed by atoms with Crippen LogP contribution < -0.4 is 10.9 Å². The number of aromatic nitrogens is 4. The minimum Gasteiger partial charge on any atom is -0.396 e. The van der Waals surface area contributed by atoms with E-state index in [4.69, 9.17) is 14.9 Å². The molecule has 0 aromatic carbocycles. The average molecular weight is 339 g/mol. The zero-order chi connectivity index (χ0) is 17.3. The molecule has 24 heavy (non-hydrogen) atoms. The highest BCUT2D eigenvalue weighted by atomic mass is 16.5. The van der Waals surface area contributed by atoms with Crippen molar-refractivity contribution < 1.29 is 24.9 Å². The fraction of sp³-hybridized carbons (Fsp3) is 0.538. The molecule has 3 atom stereocenters. The summed E-state index contributed by atoms with van der Waals surface area (Å²) in [5.41, 5.74) is -0.315. The van der Waals surface area contributed by atoms with Gasteiger partial charge in [0, 0.05) is 6.42 Å². The van der Waals surface area contributed by atoms with E-state index < -0.39 is 29.9 Å². The molecule has 0 bridgehead atoms. The second-order valence-electron chi connectivity index (χ2n) is 5.38. The summed E-state index contributed by atoms with van der Waals surface area (Å²) in [6, 6.07) is 0. The molecule has 11 heteroatoms. The number of nitrogens with zero attached hydrogens (tertiary/aromatic N) is 3. The van der Waals surface area contributed by atoms with E-state index in [0.717, 1.165) is 0 Å². The topological polar surface area (TPSA) is 163 Å². The second-order valence-corrected chi connectivity index (χ2v) is 5.38. The van der Waals surface area contributed by atoms with Crippen molar-refractivity contribution in [2.45, 2.75) is 31.3 Å². The van der Waals surface area contributed by atoms with Gasteiger partial charge in [0.25, 0.3) is 5.56 Å². The highest BCUT2D eigenvalue weighted by Gasteiger charge is 2.35. The maximum absolute atomic E-state index is 12.0. The van der Waals surface area contributed by atoms with Gasteiger partial charge in [-0.2, -0.15) is 4.98 Å². The number of aliphatic hydroxyl groups excluding tert-OH is 3. The third-order valence-electron chi connectivity index (χ3n) is 3.72. The van der Waals surface area contributed by atoms with Gasteiger partial charge in [0.2, 0.25) is 11.9 Å². The standard InChI is InChI=1S/C13H17N5O6/c19-2-1-8(22)15-13-16-11-10(12(23)17-13)14-5-18(11)9-3-6(21)7(4-20)24-9/h5-7,9,19-21H,1-4H2,(H2,15,16,17,22,23)/t6-,7+,9+/m0/s1. The molecular formula is C13H17N5O6. The smallest absolute Gasteiger partial charge is 0.280 e. The molecule has 0 unspecified atom stereocenters. The van der Waals surface area contributed by atoms with Gasteiger partial charge in [0.05, 0.1) is 32.1 Å². The number of amides is 1. The van der Waals surface area contributed by atoms with Gasteiger partial charge in [-0.3, -0.25) is 24.5 Å². The maximum Gasteiger partial charge on any atom is 0.280 e. The van der Waals surface area contributed by atoms with Crippen LogP contribution >= 0.6 is 0 Å². The SMILES string of the molecule is O=C(CCO)Nc1nc2c(ncn2[C@H]2C[C@H](O)[C@@H](CO)O2)c(=O)[nH]1. The number of aliphatic hydroxyl groups is 3. The van der Waals surface area contributed by atoms with Crippen LogP contribution in [0.15, 0.2) is 11.1 Å². The zero-order valence-electron chi connectivity index (χ0n) is 12.5. The molecule has 3 heterocycles. The number of carbonyl (C=O) groups is 1. The number of hydrogen-bond acceptors (Lipinski definition) is 8. The minimum absolute atomic E-state index is 0.0562. The Hall–Kier alpha value is -2.34. The van der Waals surface area contributed by atoms with Gasteiger partial charge >= 0.3 is 0 Å². The molecule has 2 aromatic heterocycles. The molecule has 1 fully saturated rings. The van der Waals surface area contributed by atoms with Crippen LogP contribution in [-0.2, 0) is 9.53 Å². The summed E-state index contributed by atoms with van der Waals surface area (Å²) in [6.07, 6.45) is -0.781. The van der Waals surface area contributed by atoms with Crippen LogP contribution in [0.4, 0.5) is 5.95 Å². The van der Waals surface area contributed by atoms with Crippen LogP contribution in [0.1, 0.15) is 19.1 Å². The van der Waals surface area contributed by atoms with Crippen molar-refractivity contribution in [3.63, 3.8) is 0 Å². The number of carbonyl (C=O) groups excluding carboxylic acids is 1. The first kappa shape index (κ1) is 16.5. The van der Waals surface area contributed by atoms with Crippen molar-refractivity contribution in [1.29, 1.82) is 0 Å². The van der Waals surface area contributed by atoms with Crippen molar-refractivity contribution in [2.24, 2.45) is 0 Å². The van der Waals surface area contributed by atoms with Crippen molar-refractivity contribution in [3.05, 3.63) is 16.7 Å². The summed E-state index contributed by atoms with van der Waals surface area (Å²) in [6.45, 7) is -0.659. The summed E-state index contributed by atoms with van der Waals surface area (Å²) >= 11 is 0. The lowest BCUT2D eigenvalue weighted by Crippen LogP contribution is -2.24. The Morgan fingerprint density at radius 2 is 2.29 bits per heavy atom. The largest absolute Gasteiger partial charge is 0.396 e. The second kappa shape index (κ2) is 6.65. The van der Waals surface area contributed by atoms with Crippen LogP contribution in [0.2, 0.25) is 0 Å². The number of imidazole rings is 1. The van der Waals surface area contributed by atoms with E-state index in [1.165, 1.54) is 10.9 Å².